The van der Waals surface area contributed by atoms with E-state index >= 15 is 0 Å². The van der Waals surface area contributed by atoms with E-state index in [1.54, 1.807) is 0 Å². The highest BCUT2D eigenvalue weighted by molar-refractivity contribution is 6.36. The van der Waals surface area contributed by atoms with E-state index in [1.165, 1.54) is 82.0 Å². The van der Waals surface area contributed by atoms with Crippen LogP contribution >= 0.6 is 11.6 Å². The Kier molecular flexibility index (Phi) is 7.39. The number of rotatable bonds is 5. The van der Waals surface area contributed by atoms with Crippen molar-refractivity contribution in [2.24, 2.45) is 23.7 Å². The zero-order valence-corrected chi connectivity index (χ0v) is 32.9. The molecule has 4 fully saturated rings. The number of hydrogen-bond donors (Lipinski definition) is 0. The minimum Gasteiger partial charge on any atom is -0.309 e. The largest absolute Gasteiger partial charge is 0.309 e. The molecule has 0 unspecified atom stereocenters. The van der Waals surface area contributed by atoms with Gasteiger partial charge < -0.3 is 14.4 Å². The number of aryl methyl sites for hydroxylation is 1. The van der Waals surface area contributed by atoms with E-state index < -0.39 is 0 Å². The number of aromatic nitrogens is 1. The van der Waals surface area contributed by atoms with E-state index in [0.717, 1.165) is 45.3 Å². The molecular formula is C53H44ClN3. The molecule has 1 spiro atoms. The van der Waals surface area contributed by atoms with Crippen LogP contribution in [0.4, 0.5) is 34.1 Å². The van der Waals surface area contributed by atoms with Crippen molar-refractivity contribution in [2.75, 3.05) is 9.80 Å². The van der Waals surface area contributed by atoms with Crippen LogP contribution in [-0.4, -0.2) is 4.57 Å². The molecule has 0 radical (unpaired) electrons. The van der Waals surface area contributed by atoms with E-state index in [1.807, 2.05) is 0 Å². The van der Waals surface area contributed by atoms with Crippen molar-refractivity contribution in [1.29, 1.82) is 0 Å². The molecule has 4 aliphatic carbocycles. The molecule has 0 amide bonds. The van der Waals surface area contributed by atoms with Gasteiger partial charge in [-0.3, -0.25) is 0 Å². The third-order valence-corrected chi connectivity index (χ3v) is 14.7. The number of halogens is 1. The average Bonchev–Trinajstić information content (AvgIpc) is 3.58. The van der Waals surface area contributed by atoms with Gasteiger partial charge in [0.1, 0.15) is 0 Å². The minimum atomic E-state index is 0.0489. The van der Waals surface area contributed by atoms with Crippen molar-refractivity contribution in [2.45, 2.75) is 44.4 Å². The van der Waals surface area contributed by atoms with Crippen LogP contribution in [0.15, 0.2) is 164 Å². The van der Waals surface area contributed by atoms with E-state index in [0.29, 0.717) is 11.8 Å². The summed E-state index contributed by atoms with van der Waals surface area (Å²) in [6.07, 6.45) is 6.86. The Hall–Kier alpha value is -5.77. The van der Waals surface area contributed by atoms with Crippen molar-refractivity contribution < 1.29 is 0 Å². The molecule has 13 rings (SSSR count). The second-order valence-corrected chi connectivity index (χ2v) is 17.6. The van der Waals surface area contributed by atoms with Crippen molar-refractivity contribution in [3.8, 4) is 5.69 Å². The van der Waals surface area contributed by atoms with Crippen LogP contribution in [0.25, 0.3) is 27.5 Å². The summed E-state index contributed by atoms with van der Waals surface area (Å²) in [5.74, 6) is 3.15. The molecule has 4 heteroatoms. The lowest BCUT2D eigenvalue weighted by Gasteiger charge is -2.64. The van der Waals surface area contributed by atoms with Crippen LogP contribution in [0.1, 0.15) is 48.8 Å². The molecule has 0 N–H and O–H groups in total. The normalized spacial score (nSPS) is 21.3. The summed E-state index contributed by atoms with van der Waals surface area (Å²) in [6.45, 7) is 2.14. The quantitative estimate of drug-likeness (QED) is 0.173. The van der Waals surface area contributed by atoms with Gasteiger partial charge in [-0.2, -0.15) is 0 Å². The molecule has 278 valence electrons. The lowest BCUT2D eigenvalue weighted by molar-refractivity contribution is -0.0419. The zero-order chi connectivity index (χ0) is 37.8. The predicted molar refractivity (Wildman–Crippen MR) is 238 cm³/mol. The molecule has 1 aliphatic heterocycles. The maximum absolute atomic E-state index is 7.85. The first-order valence-corrected chi connectivity index (χ1v) is 21.2. The maximum Gasteiger partial charge on any atom is 0.0887 e. The Morgan fingerprint density at radius 3 is 1.58 bits per heavy atom. The van der Waals surface area contributed by atoms with Gasteiger partial charge in [0.2, 0.25) is 0 Å². The summed E-state index contributed by atoms with van der Waals surface area (Å²) < 4.78 is 2.37. The number of benzene rings is 7. The van der Waals surface area contributed by atoms with Gasteiger partial charge in [0, 0.05) is 33.2 Å². The fourth-order valence-electron chi connectivity index (χ4n) is 12.3. The molecule has 57 heavy (non-hydrogen) atoms. The van der Waals surface area contributed by atoms with Gasteiger partial charge in [-0.1, -0.05) is 108 Å². The number of hydrogen-bond acceptors (Lipinski definition) is 2. The lowest BCUT2D eigenvalue weighted by Crippen LogP contribution is -2.57. The first-order valence-electron chi connectivity index (χ1n) is 20.8. The second-order valence-electron chi connectivity index (χ2n) is 17.2. The first-order chi connectivity index (χ1) is 28.1. The molecule has 3 nitrogen and oxygen atoms in total. The fraction of sp³-hybridized carbons (Fsp3) is 0.208. The highest BCUT2D eigenvalue weighted by atomic mass is 35.5. The molecule has 0 atom stereocenters. The Balaban J connectivity index is 1.01. The molecule has 0 saturated heterocycles. The molecule has 7 aromatic carbocycles. The van der Waals surface area contributed by atoms with Gasteiger partial charge in [0.25, 0.3) is 0 Å². The first kappa shape index (κ1) is 33.4. The fourth-order valence-corrected chi connectivity index (χ4v) is 12.6. The van der Waals surface area contributed by atoms with Gasteiger partial charge >= 0.3 is 0 Å². The van der Waals surface area contributed by atoms with Crippen molar-refractivity contribution in [3.05, 3.63) is 186 Å². The van der Waals surface area contributed by atoms with Crippen LogP contribution in [0.2, 0.25) is 5.02 Å². The van der Waals surface area contributed by atoms with E-state index in [9.17, 15) is 0 Å². The van der Waals surface area contributed by atoms with Gasteiger partial charge in [0.15, 0.2) is 0 Å². The summed E-state index contributed by atoms with van der Waals surface area (Å²) >= 11 is 7.85. The number of para-hydroxylation sites is 4. The van der Waals surface area contributed by atoms with Crippen LogP contribution in [0.5, 0.6) is 0 Å². The Morgan fingerprint density at radius 2 is 1.00 bits per heavy atom. The van der Waals surface area contributed by atoms with Crippen LogP contribution in [-0.2, 0) is 5.41 Å². The molecule has 4 saturated carbocycles. The summed E-state index contributed by atoms with van der Waals surface area (Å²) in [5.41, 5.74) is 14.4. The smallest absolute Gasteiger partial charge is 0.0887 e. The molecule has 2 heterocycles. The standard InChI is InChI=1S/C53H44ClN3/c1-34-21-23-39(24-22-34)55(40-25-27-41(28-26-40)56-46-15-6-2-11-42(46)43-12-3-7-16-47(43)56)50-19-10-20-51(52(50)54)57-48-17-8-4-13-44(48)53(45-14-5-9-18-49(45)57)37-30-35-29-36(32-37)33-38(53)31-35/h2-28,35-38H,29-33H2,1H3. The van der Waals surface area contributed by atoms with Crippen LogP contribution < -0.4 is 9.80 Å². The van der Waals surface area contributed by atoms with Gasteiger partial charge in [-0.15, -0.1) is 0 Å². The van der Waals surface area contributed by atoms with Crippen molar-refractivity contribution in [3.63, 3.8) is 0 Å². The molecule has 8 aromatic rings. The summed E-state index contributed by atoms with van der Waals surface area (Å²) in [4.78, 5) is 4.80. The van der Waals surface area contributed by atoms with Crippen LogP contribution in [0, 0.1) is 30.6 Å². The highest BCUT2D eigenvalue weighted by Gasteiger charge is 2.61. The van der Waals surface area contributed by atoms with Gasteiger partial charge in [0.05, 0.1) is 38.8 Å². The molecule has 4 bridgehead atoms. The third kappa shape index (κ3) is 4.79. The minimum absolute atomic E-state index is 0.0489. The van der Waals surface area contributed by atoms with Gasteiger partial charge in [-0.05, 0) is 147 Å². The number of fused-ring (bicyclic) bond motifs is 5. The molecule has 5 aliphatic rings. The Morgan fingerprint density at radius 1 is 0.509 bits per heavy atom. The van der Waals surface area contributed by atoms with Crippen LogP contribution in [0.3, 0.4) is 0 Å². The maximum atomic E-state index is 7.85. The SMILES string of the molecule is Cc1ccc(N(c2ccc(-n3c4ccccc4c4ccccc43)cc2)c2cccc(N3c4ccccc4C4(c5ccccc53)C3CC5CC(C3)CC4C5)c2Cl)cc1. The monoisotopic (exact) mass is 757 g/mol. The van der Waals surface area contributed by atoms with Crippen molar-refractivity contribution in [1.82, 2.24) is 4.57 Å². The Labute approximate surface area is 339 Å². The lowest BCUT2D eigenvalue weighted by atomic mass is 9.41. The average molecular weight is 758 g/mol. The van der Waals surface area contributed by atoms with E-state index in [4.69, 9.17) is 11.6 Å². The third-order valence-electron chi connectivity index (χ3n) is 14.3. The van der Waals surface area contributed by atoms with E-state index in [2.05, 4.69) is 185 Å². The second kappa shape index (κ2) is 12.6. The zero-order valence-electron chi connectivity index (χ0n) is 32.2. The highest BCUT2D eigenvalue weighted by Crippen LogP contribution is 2.69. The van der Waals surface area contributed by atoms with Crippen molar-refractivity contribution >= 4 is 67.5 Å². The molecule has 1 aromatic heterocycles. The predicted octanol–water partition coefficient (Wildman–Crippen LogP) is 14.7. The van der Waals surface area contributed by atoms with Gasteiger partial charge in [-0.25, -0.2) is 0 Å². The summed E-state index contributed by atoms with van der Waals surface area (Å²) in [6, 6.07) is 60.3. The summed E-state index contributed by atoms with van der Waals surface area (Å²) in [5, 5.41) is 3.25. The number of nitrogens with zero attached hydrogens (tertiary/aromatic N) is 3. The summed E-state index contributed by atoms with van der Waals surface area (Å²) in [7, 11) is 0. The molecular weight excluding hydrogens is 714 g/mol. The Bertz CT molecular complexity index is 2720. The van der Waals surface area contributed by atoms with E-state index in [-0.39, 0.29) is 5.41 Å². The topological polar surface area (TPSA) is 11.4 Å². The number of anilines is 6.